The van der Waals surface area contributed by atoms with Gasteiger partial charge in [0.2, 0.25) is 0 Å². The molecule has 4 heteroatoms. The Bertz CT molecular complexity index is 3760. The zero-order valence-electron chi connectivity index (χ0n) is 47.8. The number of allylic oxidation sites excluding steroid dienone is 12. The van der Waals surface area contributed by atoms with Gasteiger partial charge in [-0.15, -0.1) is 0 Å². The van der Waals surface area contributed by atoms with Crippen molar-refractivity contribution in [2.45, 2.75) is 113 Å². The van der Waals surface area contributed by atoms with Gasteiger partial charge in [0.1, 0.15) is 0 Å². The summed E-state index contributed by atoms with van der Waals surface area (Å²) in [7, 11) is 0. The maximum absolute atomic E-state index is 2.67. The Morgan fingerprint density at radius 3 is 2.01 bits per heavy atom. The van der Waals surface area contributed by atoms with Crippen molar-refractivity contribution in [2.24, 2.45) is 5.41 Å². The number of anilines is 6. The van der Waals surface area contributed by atoms with Crippen molar-refractivity contribution in [1.29, 1.82) is 0 Å². The summed E-state index contributed by atoms with van der Waals surface area (Å²) in [5.74, 6) is 0. The van der Waals surface area contributed by atoms with E-state index in [0.29, 0.717) is 0 Å². The second-order valence-electron chi connectivity index (χ2n) is 25.2. The molecule has 2 heterocycles. The molecule has 0 bridgehead atoms. The van der Waals surface area contributed by atoms with Gasteiger partial charge in [-0.05, 0) is 189 Å². The SMILES string of the molecule is C/C=C\C(=C/C)N(C1=CC=CCC=C1)c1ccc2c(c1)N(c1ccc(C(C)(C)C)cc1-c1ccccc1)c1cc(C(C)(C)C)cc3c1B2C1=C(CCC(C(C)(C)C)=C1)N3c1ccc(-c2ccc3c(c2)Cc2ccccc2-3)cc1. The van der Waals surface area contributed by atoms with E-state index in [1.54, 1.807) is 0 Å². The van der Waals surface area contributed by atoms with Gasteiger partial charge in [-0.25, -0.2) is 0 Å². The summed E-state index contributed by atoms with van der Waals surface area (Å²) >= 11 is 0. The Morgan fingerprint density at radius 2 is 1.28 bits per heavy atom. The number of hydrogen-bond donors (Lipinski definition) is 0. The fraction of sp³-hybridized carbons (Fsp3) is 0.243. The average molecular weight is 1020 g/mol. The van der Waals surface area contributed by atoms with Gasteiger partial charge in [0.05, 0.1) is 5.69 Å². The van der Waals surface area contributed by atoms with Gasteiger partial charge in [-0.2, -0.15) is 0 Å². The predicted molar refractivity (Wildman–Crippen MR) is 337 cm³/mol. The average Bonchev–Trinajstić information content (AvgIpc) is 3.78. The maximum Gasteiger partial charge on any atom is 0.251 e. The molecule has 0 saturated heterocycles. The molecule has 0 N–H and O–H groups in total. The van der Waals surface area contributed by atoms with Gasteiger partial charge in [-0.3, -0.25) is 0 Å². The van der Waals surface area contributed by atoms with Crippen molar-refractivity contribution in [3.63, 3.8) is 0 Å². The lowest BCUT2D eigenvalue weighted by Crippen LogP contribution is -2.56. The summed E-state index contributed by atoms with van der Waals surface area (Å²) < 4.78 is 0. The van der Waals surface area contributed by atoms with Crippen LogP contribution in [-0.2, 0) is 17.3 Å². The molecule has 0 saturated carbocycles. The maximum atomic E-state index is 2.67. The van der Waals surface area contributed by atoms with E-state index in [9.17, 15) is 0 Å². The zero-order valence-corrected chi connectivity index (χ0v) is 47.8. The monoisotopic (exact) mass is 1020 g/mol. The van der Waals surface area contributed by atoms with Crippen molar-refractivity contribution in [1.82, 2.24) is 0 Å². The highest BCUT2D eigenvalue weighted by molar-refractivity contribution is 6.95. The topological polar surface area (TPSA) is 9.72 Å². The molecule has 0 radical (unpaired) electrons. The second-order valence-corrected chi connectivity index (χ2v) is 25.2. The van der Waals surface area contributed by atoms with Crippen LogP contribution in [-0.4, -0.2) is 6.71 Å². The molecule has 78 heavy (non-hydrogen) atoms. The summed E-state index contributed by atoms with van der Waals surface area (Å²) in [4.78, 5) is 7.77. The minimum Gasteiger partial charge on any atom is -0.315 e. The lowest BCUT2D eigenvalue weighted by atomic mass is 9.32. The summed E-state index contributed by atoms with van der Waals surface area (Å²) in [6.45, 7) is 25.6. The van der Waals surface area contributed by atoms with Gasteiger partial charge in [-0.1, -0.05) is 201 Å². The quantitative estimate of drug-likeness (QED) is 0.111. The molecular formula is C74H74BN3. The largest absolute Gasteiger partial charge is 0.315 e. The van der Waals surface area contributed by atoms with E-state index in [4.69, 9.17) is 0 Å². The molecule has 388 valence electrons. The van der Waals surface area contributed by atoms with Crippen LogP contribution in [0, 0.1) is 5.41 Å². The molecule has 12 rings (SSSR count). The Morgan fingerprint density at radius 1 is 0.564 bits per heavy atom. The van der Waals surface area contributed by atoms with Crippen molar-refractivity contribution in [2.75, 3.05) is 14.7 Å². The van der Waals surface area contributed by atoms with Crippen LogP contribution in [0.3, 0.4) is 0 Å². The van der Waals surface area contributed by atoms with E-state index in [0.717, 1.165) is 42.8 Å². The Hall–Kier alpha value is -7.82. The van der Waals surface area contributed by atoms with Crippen molar-refractivity contribution >= 4 is 51.8 Å². The minimum absolute atomic E-state index is 0.0119. The smallest absolute Gasteiger partial charge is 0.251 e. The third-order valence-corrected chi connectivity index (χ3v) is 17.0. The highest BCUT2D eigenvalue weighted by Crippen LogP contribution is 2.52. The van der Waals surface area contributed by atoms with E-state index in [1.165, 1.54) is 112 Å². The number of hydrogen-bond acceptors (Lipinski definition) is 3. The van der Waals surface area contributed by atoms with Crippen LogP contribution in [0.5, 0.6) is 0 Å². The molecule has 3 nitrogen and oxygen atoms in total. The summed E-state index contributed by atoms with van der Waals surface area (Å²) in [5.41, 5.74) is 29.4. The van der Waals surface area contributed by atoms with Gasteiger partial charge in [0.25, 0.3) is 6.71 Å². The summed E-state index contributed by atoms with van der Waals surface area (Å²) in [6.07, 6.45) is 24.4. The molecule has 3 aliphatic carbocycles. The van der Waals surface area contributed by atoms with Gasteiger partial charge >= 0.3 is 0 Å². The highest BCUT2D eigenvalue weighted by atomic mass is 15.2. The lowest BCUT2D eigenvalue weighted by Gasteiger charge is -2.47. The van der Waals surface area contributed by atoms with Gasteiger partial charge in [0, 0.05) is 51.1 Å². The molecule has 0 atom stereocenters. The highest BCUT2D eigenvalue weighted by Gasteiger charge is 2.46. The molecule has 2 aliphatic heterocycles. The zero-order chi connectivity index (χ0) is 54.3. The first-order valence-electron chi connectivity index (χ1n) is 28.5. The van der Waals surface area contributed by atoms with Crippen molar-refractivity contribution < 1.29 is 0 Å². The van der Waals surface area contributed by atoms with Crippen molar-refractivity contribution in [3.05, 3.63) is 251 Å². The van der Waals surface area contributed by atoms with E-state index >= 15 is 0 Å². The fourth-order valence-corrected chi connectivity index (χ4v) is 12.8. The number of rotatable bonds is 8. The van der Waals surface area contributed by atoms with Crippen LogP contribution in [0.2, 0.25) is 0 Å². The van der Waals surface area contributed by atoms with Gasteiger partial charge in [0.15, 0.2) is 0 Å². The third-order valence-electron chi connectivity index (χ3n) is 17.0. The number of nitrogens with zero attached hydrogens (tertiary/aromatic N) is 3. The Labute approximate surface area is 466 Å². The Kier molecular flexibility index (Phi) is 12.8. The molecule has 0 unspecified atom stereocenters. The minimum atomic E-state index is -0.160. The first-order valence-corrected chi connectivity index (χ1v) is 28.5. The molecule has 7 aromatic carbocycles. The molecule has 5 aliphatic rings. The van der Waals surface area contributed by atoms with Gasteiger partial charge < -0.3 is 14.7 Å². The van der Waals surface area contributed by atoms with Crippen LogP contribution in [0.4, 0.5) is 34.1 Å². The molecule has 7 aromatic rings. The lowest BCUT2D eigenvalue weighted by molar-refractivity contribution is 0.478. The molecule has 0 amide bonds. The summed E-state index contributed by atoms with van der Waals surface area (Å²) in [5, 5.41) is 0. The molecule has 0 aromatic heterocycles. The van der Waals surface area contributed by atoms with Crippen LogP contribution in [0.25, 0.3) is 33.4 Å². The van der Waals surface area contributed by atoms with Crippen molar-refractivity contribution in [3.8, 4) is 33.4 Å². The first-order chi connectivity index (χ1) is 37.5. The Balaban J connectivity index is 1.13. The standard InChI is InChI=1S/C74H74BN3/c1-12-23-57(13-2)76(58-27-19-14-15-20-28-58)60-37-39-64-68(48-60)78(66-40-33-54(72(3,4)5)44-63(66)50-24-17-16-18-25-50)70-47-56(74(9,10)11)46-69-71(70)75(64)65-45-55(73(6,7)8)34-41-67(65)77(69)59-35-30-49(31-36-59)51-32-38-62-53(42-51)43-52-26-21-22-29-61(52)62/h12-14,16-33,35-40,42,44-48H,15,34,41,43H2,1-11H3/b23-12-,57-13+. The third kappa shape index (κ3) is 8.97. The van der Waals surface area contributed by atoms with Crippen LogP contribution >= 0.6 is 0 Å². The second kappa shape index (κ2) is 19.6. The fourth-order valence-electron chi connectivity index (χ4n) is 12.8. The van der Waals surface area contributed by atoms with E-state index in [1.807, 2.05) is 0 Å². The molecular weight excluding hydrogens is 942 g/mol. The molecule has 0 spiro atoms. The first kappa shape index (κ1) is 51.0. The van der Waals surface area contributed by atoms with Crippen LogP contribution < -0.4 is 25.6 Å². The summed E-state index contributed by atoms with van der Waals surface area (Å²) in [6, 6.07) is 56.3. The number of fused-ring (bicyclic) bond motifs is 6. The van der Waals surface area contributed by atoms with E-state index in [-0.39, 0.29) is 23.0 Å². The normalized spacial score (nSPS) is 15.9. The van der Waals surface area contributed by atoms with Crippen LogP contribution in [0.1, 0.15) is 118 Å². The number of benzene rings is 7. The van der Waals surface area contributed by atoms with E-state index < -0.39 is 0 Å². The van der Waals surface area contributed by atoms with E-state index in [2.05, 4.69) is 291 Å². The predicted octanol–water partition coefficient (Wildman–Crippen LogP) is 19.0. The van der Waals surface area contributed by atoms with Crippen LogP contribution in [0.15, 0.2) is 228 Å². The molecule has 0 fully saturated rings.